The van der Waals surface area contributed by atoms with Crippen LogP contribution in [0.25, 0.3) is 17.8 Å². The first-order chi connectivity index (χ1) is 31.7. The molecule has 14 rings (SSSR count). The molecule has 3 fully saturated rings. The van der Waals surface area contributed by atoms with E-state index >= 15 is 0 Å². The van der Waals surface area contributed by atoms with Crippen LogP contribution in [-0.2, 0) is 6.42 Å². The first-order valence-electron chi connectivity index (χ1n) is 26.4. The average Bonchev–Trinajstić information content (AvgIpc) is 4.10. The number of hydrogen-bond acceptors (Lipinski definition) is 4. The third-order valence-corrected chi connectivity index (χ3v) is 19.4. The minimum atomic E-state index is 0.474. The van der Waals surface area contributed by atoms with Crippen molar-refractivity contribution >= 4 is 17.8 Å². The van der Waals surface area contributed by atoms with E-state index in [1.54, 1.807) is 11.4 Å². The van der Waals surface area contributed by atoms with Gasteiger partial charge in [-0.2, -0.15) is 0 Å². The van der Waals surface area contributed by atoms with Crippen molar-refractivity contribution in [2.24, 2.45) is 53.3 Å². The Balaban J connectivity index is 0.754. The van der Waals surface area contributed by atoms with Crippen molar-refractivity contribution in [2.45, 2.75) is 145 Å². The first kappa shape index (κ1) is 38.8. The van der Waals surface area contributed by atoms with Crippen molar-refractivity contribution in [3.63, 3.8) is 0 Å². The van der Waals surface area contributed by atoms with Gasteiger partial charge in [0.05, 0.1) is 41.9 Å². The topological polar surface area (TPSA) is 22.9 Å². The van der Waals surface area contributed by atoms with Crippen molar-refractivity contribution in [3.05, 3.63) is 148 Å². The maximum absolute atomic E-state index is 6.80. The highest BCUT2D eigenvalue weighted by Gasteiger charge is 2.55. The molecule has 15 unspecified atom stereocenters. The van der Waals surface area contributed by atoms with Gasteiger partial charge in [-0.1, -0.05) is 103 Å². The Morgan fingerprint density at radius 2 is 1.12 bits per heavy atom. The molecule has 1 aromatic heterocycles. The highest BCUT2D eigenvalue weighted by Crippen LogP contribution is 2.56. The van der Waals surface area contributed by atoms with Gasteiger partial charge in [0.1, 0.15) is 5.76 Å². The highest BCUT2D eigenvalue weighted by molar-refractivity contribution is 5.58. The summed E-state index contributed by atoms with van der Waals surface area (Å²) in [4.78, 5) is 8.71. The molecule has 15 atom stereocenters. The van der Waals surface area contributed by atoms with E-state index in [1.807, 2.05) is 5.57 Å². The lowest BCUT2D eigenvalue weighted by Gasteiger charge is -2.40. The maximum atomic E-state index is 6.80. The largest absolute Gasteiger partial charge is 0.455 e. The van der Waals surface area contributed by atoms with Crippen molar-refractivity contribution in [2.75, 3.05) is 0 Å². The molecule has 0 spiro atoms. The molecule has 3 saturated heterocycles. The lowest BCUT2D eigenvalue weighted by atomic mass is 9.64. The summed E-state index contributed by atoms with van der Waals surface area (Å²) in [5.41, 5.74) is 9.14. The van der Waals surface area contributed by atoms with Gasteiger partial charge >= 0.3 is 0 Å². The molecule has 3 aliphatic heterocycles. The van der Waals surface area contributed by atoms with E-state index in [0.29, 0.717) is 77.7 Å². The number of fused-ring (bicyclic) bond motifs is 12. The zero-order valence-electron chi connectivity index (χ0n) is 38.0. The van der Waals surface area contributed by atoms with Crippen molar-refractivity contribution in [1.29, 1.82) is 0 Å². The third kappa shape index (κ3) is 6.04. The molecule has 0 bridgehead atoms. The first-order valence-corrected chi connectivity index (χ1v) is 26.4. The van der Waals surface area contributed by atoms with Gasteiger partial charge in [-0.15, -0.1) is 0 Å². The molecule has 330 valence electrons. The SMILES string of the molecule is C1=CCCC(N2C3CCC(C4C=CC5C(C4)C4CC(C6C=CC7C(C6)C6CCC=CC6N7C6=c7oc8c(c7=CCC6)CCC=C8)C=CC4N5C4=CC=CCC4)C=C3C3CCC=CC32)=C1. The smallest absolute Gasteiger partial charge is 0.153 e. The Kier molecular flexibility index (Phi) is 9.45. The van der Waals surface area contributed by atoms with Crippen LogP contribution in [0.1, 0.15) is 114 Å². The van der Waals surface area contributed by atoms with Crippen molar-refractivity contribution < 1.29 is 4.42 Å². The lowest BCUT2D eigenvalue weighted by molar-refractivity contribution is 0.192. The Hall–Kier alpha value is -4.44. The monoisotopic (exact) mass is 848 g/mol. The molecule has 4 heteroatoms. The molecule has 64 heavy (non-hydrogen) atoms. The van der Waals surface area contributed by atoms with Gasteiger partial charge in [-0.05, 0) is 180 Å². The fourth-order valence-corrected chi connectivity index (χ4v) is 16.8. The van der Waals surface area contributed by atoms with E-state index in [0.717, 1.165) is 43.3 Å². The summed E-state index contributed by atoms with van der Waals surface area (Å²) in [6, 6.07) is 3.18. The van der Waals surface area contributed by atoms with Gasteiger partial charge in [-0.25, -0.2) is 0 Å². The lowest BCUT2D eigenvalue weighted by Crippen LogP contribution is -2.43. The van der Waals surface area contributed by atoms with Crippen LogP contribution in [0.2, 0.25) is 0 Å². The minimum Gasteiger partial charge on any atom is -0.455 e. The van der Waals surface area contributed by atoms with E-state index in [9.17, 15) is 0 Å². The molecule has 4 nitrogen and oxygen atoms in total. The summed E-state index contributed by atoms with van der Waals surface area (Å²) in [7, 11) is 0. The van der Waals surface area contributed by atoms with Crippen LogP contribution in [0.3, 0.4) is 0 Å². The summed E-state index contributed by atoms with van der Waals surface area (Å²) in [5.74, 6) is 7.28. The Bertz CT molecular complexity index is 2550. The van der Waals surface area contributed by atoms with E-state index in [2.05, 4.69) is 136 Å². The van der Waals surface area contributed by atoms with Crippen LogP contribution in [-0.4, -0.2) is 51.0 Å². The normalized spacial score (nSPS) is 41.9. The van der Waals surface area contributed by atoms with Crippen LogP contribution >= 0.6 is 0 Å². The number of allylic oxidation sites excluding steroid dienone is 15. The molecule has 0 amide bonds. The van der Waals surface area contributed by atoms with Crippen LogP contribution in [0.15, 0.2) is 131 Å². The summed E-state index contributed by atoms with van der Waals surface area (Å²) in [6.07, 6.45) is 71.8. The van der Waals surface area contributed by atoms with E-state index < -0.39 is 0 Å². The number of furan rings is 1. The second kappa shape index (κ2) is 15.6. The van der Waals surface area contributed by atoms with Crippen LogP contribution < -0.4 is 10.6 Å². The summed E-state index contributed by atoms with van der Waals surface area (Å²) >= 11 is 0. The molecule has 0 saturated carbocycles. The Morgan fingerprint density at radius 1 is 0.484 bits per heavy atom. The van der Waals surface area contributed by atoms with Crippen LogP contribution in [0.5, 0.6) is 0 Å². The molecular weight excluding hydrogens is 779 g/mol. The number of hydrogen-bond donors (Lipinski definition) is 0. The highest BCUT2D eigenvalue weighted by atomic mass is 16.3. The Labute approximate surface area is 382 Å². The van der Waals surface area contributed by atoms with Crippen LogP contribution in [0.4, 0.5) is 0 Å². The van der Waals surface area contributed by atoms with Gasteiger partial charge in [-0.3, -0.25) is 0 Å². The molecule has 13 aliphatic rings. The van der Waals surface area contributed by atoms with Crippen molar-refractivity contribution in [1.82, 2.24) is 14.7 Å². The summed E-state index contributed by atoms with van der Waals surface area (Å²) in [5, 5.41) is 1.42. The second-order valence-corrected chi connectivity index (χ2v) is 22.3. The maximum Gasteiger partial charge on any atom is 0.153 e. The molecular formula is C60H69N3O. The molecule has 0 radical (unpaired) electrons. The zero-order chi connectivity index (χ0) is 41.9. The van der Waals surface area contributed by atoms with E-state index in [1.165, 1.54) is 105 Å². The molecule has 0 N–H and O–H groups in total. The Morgan fingerprint density at radius 3 is 1.86 bits per heavy atom. The van der Waals surface area contributed by atoms with E-state index in [4.69, 9.17) is 4.42 Å². The second-order valence-electron chi connectivity index (χ2n) is 22.3. The quantitative estimate of drug-likeness (QED) is 0.275. The summed E-state index contributed by atoms with van der Waals surface area (Å²) in [6.45, 7) is 0. The zero-order valence-corrected chi connectivity index (χ0v) is 38.0. The number of likely N-dealkylation sites (tertiary alicyclic amines) is 3. The molecule has 10 aliphatic carbocycles. The fraction of sp³-hybridized carbons (Fsp3) is 0.533. The average molecular weight is 848 g/mol. The number of rotatable bonds is 5. The molecule has 4 heterocycles. The predicted molar refractivity (Wildman–Crippen MR) is 260 cm³/mol. The van der Waals surface area contributed by atoms with Gasteiger partial charge in [0.25, 0.3) is 0 Å². The third-order valence-electron chi connectivity index (χ3n) is 19.4. The van der Waals surface area contributed by atoms with Gasteiger partial charge in [0, 0.05) is 28.1 Å². The number of nitrogens with zero attached hydrogens (tertiary/aromatic N) is 3. The summed E-state index contributed by atoms with van der Waals surface area (Å²) < 4.78 is 6.80. The standard InChI is InChI=1S/C60H69N3O/c1-3-14-42(15-4-1)61-52-22-10-7-18-44(52)48-34-38(26-30-54(48)61)40-27-31-55-50(36-40)51-37-41(28-32-56(51)62(55)43-16-5-2-6-17-43)39-29-33-57-49(35-39)45-19-8-11-23-53(45)63(57)58-24-13-21-47-46-20-9-12-25-59(46)64-60(47)58/h1-3,5,10-12,14,16,21-23,25,27-29,31-34,38-41,44-45,49-57H,4,6-9,13,15,17-20,24,26,30,35-37H2. The predicted octanol–water partition coefficient (Wildman–Crippen LogP) is 11.4. The molecule has 0 aromatic carbocycles. The van der Waals surface area contributed by atoms with Gasteiger partial charge in [0.2, 0.25) is 0 Å². The fourth-order valence-electron chi connectivity index (χ4n) is 16.8. The van der Waals surface area contributed by atoms with Crippen LogP contribution in [0, 0.1) is 53.3 Å². The van der Waals surface area contributed by atoms with Crippen molar-refractivity contribution in [3.8, 4) is 0 Å². The minimum absolute atomic E-state index is 0.474. The van der Waals surface area contributed by atoms with Gasteiger partial charge in [0.15, 0.2) is 5.42 Å². The molecule has 1 aromatic rings. The van der Waals surface area contributed by atoms with E-state index in [-0.39, 0.29) is 0 Å². The van der Waals surface area contributed by atoms with Gasteiger partial charge < -0.3 is 19.1 Å².